The van der Waals surface area contributed by atoms with E-state index in [9.17, 15) is 14.3 Å². The van der Waals surface area contributed by atoms with Crippen molar-refractivity contribution in [2.75, 3.05) is 26.2 Å². The van der Waals surface area contributed by atoms with Crippen molar-refractivity contribution >= 4 is 6.03 Å². The average Bonchev–Trinajstić information content (AvgIpc) is 3.63. The predicted octanol–water partition coefficient (Wildman–Crippen LogP) is 2.87. The third kappa shape index (κ3) is 3.31. The molecule has 3 aliphatic carbocycles. The van der Waals surface area contributed by atoms with Gasteiger partial charge in [-0.2, -0.15) is 0 Å². The summed E-state index contributed by atoms with van der Waals surface area (Å²) in [5.41, 5.74) is 0.465. The molecule has 1 aromatic heterocycles. The normalized spacial score (nSPS) is 25.4. The molecule has 2 aliphatic heterocycles. The lowest BCUT2D eigenvalue weighted by Crippen LogP contribution is -2.68. The maximum Gasteiger partial charge on any atom is 0.320 e. The quantitative estimate of drug-likeness (QED) is 0.726. The number of urea groups is 1. The number of hydrogen-bond acceptors (Lipinski definition) is 5. The van der Waals surface area contributed by atoms with Crippen LogP contribution in [0, 0.1) is 11.2 Å². The highest BCUT2D eigenvalue weighted by Gasteiger charge is 2.56. The number of nitrogens with zero attached hydrogens (tertiary/aromatic N) is 4. The van der Waals surface area contributed by atoms with Gasteiger partial charge in [0, 0.05) is 24.4 Å². The number of carbonyl (C=O) groups is 1. The summed E-state index contributed by atoms with van der Waals surface area (Å²) in [5.74, 6) is 2.27. The van der Waals surface area contributed by atoms with Crippen LogP contribution < -0.4 is 4.74 Å². The molecular weight excluding hydrogens is 425 g/mol. The summed E-state index contributed by atoms with van der Waals surface area (Å²) in [5, 5.41) is 18.5. The molecule has 0 radical (unpaired) electrons. The minimum absolute atomic E-state index is 0.0476. The van der Waals surface area contributed by atoms with Crippen molar-refractivity contribution in [1.82, 2.24) is 25.0 Å². The van der Waals surface area contributed by atoms with Gasteiger partial charge >= 0.3 is 6.03 Å². The van der Waals surface area contributed by atoms with E-state index in [1.165, 1.54) is 0 Å². The Kier molecular flexibility index (Phi) is 4.00. The lowest BCUT2D eigenvalue weighted by Gasteiger charge is -2.59. The zero-order chi connectivity index (χ0) is 22.4. The van der Waals surface area contributed by atoms with Gasteiger partial charge in [0.05, 0.1) is 13.1 Å². The first-order valence-corrected chi connectivity index (χ1v) is 12.1. The maximum atomic E-state index is 14.3. The number of benzene rings is 1. The van der Waals surface area contributed by atoms with Gasteiger partial charge in [-0.1, -0.05) is 6.07 Å². The molecular formula is C24H28FN5O3. The van der Waals surface area contributed by atoms with Crippen LogP contribution in [0.3, 0.4) is 0 Å². The van der Waals surface area contributed by atoms with Crippen LogP contribution in [0.1, 0.15) is 67.6 Å². The number of hydrogen-bond donors (Lipinski definition) is 2. The van der Waals surface area contributed by atoms with Gasteiger partial charge in [-0.05, 0) is 62.1 Å². The minimum Gasteiger partial charge on any atom is -0.484 e. The summed E-state index contributed by atoms with van der Waals surface area (Å²) >= 11 is 0. The molecule has 2 N–H and O–H groups in total. The highest BCUT2D eigenvalue weighted by atomic mass is 19.1. The molecule has 2 aromatic rings. The first-order valence-electron chi connectivity index (χ1n) is 12.1. The number of aromatic nitrogens is 3. The van der Waals surface area contributed by atoms with E-state index in [0.717, 1.165) is 63.0 Å². The first-order chi connectivity index (χ1) is 15.9. The van der Waals surface area contributed by atoms with E-state index >= 15 is 0 Å². The fourth-order valence-electron chi connectivity index (χ4n) is 5.69. The third-order valence-electron chi connectivity index (χ3n) is 8.15. The average molecular weight is 454 g/mol. The maximum absolute atomic E-state index is 14.3. The van der Waals surface area contributed by atoms with Crippen molar-refractivity contribution in [3.63, 3.8) is 0 Å². The van der Waals surface area contributed by atoms with E-state index in [1.807, 2.05) is 11.0 Å². The van der Waals surface area contributed by atoms with Gasteiger partial charge in [0.1, 0.15) is 17.5 Å². The molecule has 2 saturated heterocycles. The summed E-state index contributed by atoms with van der Waals surface area (Å²) in [6, 6.07) is 5.32. The predicted molar refractivity (Wildman–Crippen MR) is 115 cm³/mol. The van der Waals surface area contributed by atoms with Crippen LogP contribution in [0.25, 0.3) is 0 Å². The highest BCUT2D eigenvalue weighted by molar-refractivity contribution is 5.76. The van der Waals surface area contributed by atoms with Crippen molar-refractivity contribution in [2.24, 2.45) is 5.41 Å². The number of rotatable bonds is 5. The molecule has 9 heteroatoms. The molecule has 7 rings (SSSR count). The number of amides is 2. The number of halogens is 1. The van der Waals surface area contributed by atoms with E-state index in [2.05, 4.69) is 15.2 Å². The van der Waals surface area contributed by atoms with E-state index in [-0.39, 0.29) is 29.1 Å². The minimum atomic E-state index is -0.781. The SMILES string of the molecule is O=C(N1CC(Oc2ccc(C3CC3)cc2F)C1)N1CC2(CC(c3nnc(C4(O)CC4)[nH]3)C2)C1. The summed E-state index contributed by atoms with van der Waals surface area (Å²) in [6.45, 7) is 2.54. The number of carbonyl (C=O) groups excluding carboxylic acids is 1. The van der Waals surface area contributed by atoms with Crippen molar-refractivity contribution in [2.45, 2.75) is 62.1 Å². The fraction of sp³-hybridized carbons (Fsp3) is 0.625. The number of ether oxygens (including phenoxy) is 1. The molecule has 1 spiro atoms. The standard InChI is InChI=1S/C24H28FN5O3/c25-18-7-15(14-1-2-14)3-4-19(18)33-17-10-29(11-17)22(31)30-12-23(13-30)8-16(9-23)20-26-21(28-27-20)24(32)5-6-24/h3-4,7,14,16-17,32H,1-2,5-6,8-13H2,(H,26,27,28). The van der Waals surface area contributed by atoms with Crippen LogP contribution in [0.2, 0.25) is 0 Å². The molecule has 1 aromatic carbocycles. The van der Waals surface area contributed by atoms with Crippen LogP contribution in [-0.4, -0.2) is 68.4 Å². The van der Waals surface area contributed by atoms with Crippen molar-refractivity contribution in [1.29, 1.82) is 0 Å². The van der Waals surface area contributed by atoms with Gasteiger partial charge in [-0.15, -0.1) is 10.2 Å². The van der Waals surface area contributed by atoms with Gasteiger partial charge in [-0.25, -0.2) is 9.18 Å². The van der Waals surface area contributed by atoms with E-state index in [0.29, 0.717) is 30.7 Å². The summed E-state index contributed by atoms with van der Waals surface area (Å²) in [4.78, 5) is 19.7. The van der Waals surface area contributed by atoms with Gasteiger partial charge in [-0.3, -0.25) is 0 Å². The fourth-order valence-corrected chi connectivity index (χ4v) is 5.69. The summed E-state index contributed by atoms with van der Waals surface area (Å²) in [7, 11) is 0. The molecule has 8 nitrogen and oxygen atoms in total. The second-order valence-corrected chi connectivity index (χ2v) is 10.9. The zero-order valence-electron chi connectivity index (χ0n) is 18.5. The molecule has 33 heavy (non-hydrogen) atoms. The number of aromatic amines is 1. The molecule has 5 fully saturated rings. The first kappa shape index (κ1) is 19.8. The highest BCUT2D eigenvalue weighted by Crippen LogP contribution is 2.56. The Morgan fingerprint density at radius 2 is 1.88 bits per heavy atom. The van der Waals surface area contributed by atoms with Crippen molar-refractivity contribution < 1.29 is 19.0 Å². The Hall–Kier alpha value is -2.68. The van der Waals surface area contributed by atoms with E-state index < -0.39 is 5.60 Å². The number of likely N-dealkylation sites (tertiary alicyclic amines) is 2. The number of nitrogens with one attached hydrogen (secondary N) is 1. The Labute approximate surface area is 191 Å². The lowest BCUT2D eigenvalue weighted by atomic mass is 9.57. The molecule has 3 heterocycles. The topological polar surface area (TPSA) is 94.6 Å². The zero-order valence-corrected chi connectivity index (χ0v) is 18.5. The number of aliphatic hydroxyl groups is 1. The molecule has 0 unspecified atom stereocenters. The van der Waals surface area contributed by atoms with Crippen LogP contribution in [-0.2, 0) is 5.60 Å². The van der Waals surface area contributed by atoms with E-state index in [1.54, 1.807) is 17.0 Å². The van der Waals surface area contributed by atoms with Gasteiger partial charge in [0.2, 0.25) is 0 Å². The monoisotopic (exact) mass is 453 g/mol. The van der Waals surface area contributed by atoms with Gasteiger partial charge < -0.3 is 24.6 Å². The molecule has 0 bridgehead atoms. The Balaban J connectivity index is 0.872. The van der Waals surface area contributed by atoms with Crippen LogP contribution in [0.15, 0.2) is 18.2 Å². The largest absolute Gasteiger partial charge is 0.484 e. The summed E-state index contributed by atoms with van der Waals surface area (Å²) < 4.78 is 20.1. The van der Waals surface area contributed by atoms with Crippen LogP contribution in [0.4, 0.5) is 9.18 Å². The van der Waals surface area contributed by atoms with E-state index in [4.69, 9.17) is 4.74 Å². The smallest absolute Gasteiger partial charge is 0.320 e. The molecule has 174 valence electrons. The number of H-pyrrole nitrogens is 1. The lowest BCUT2D eigenvalue weighted by molar-refractivity contribution is -0.0667. The summed E-state index contributed by atoms with van der Waals surface area (Å²) in [6.07, 6.45) is 5.61. The Bertz CT molecular complexity index is 1110. The van der Waals surface area contributed by atoms with Crippen LogP contribution >= 0.6 is 0 Å². The molecule has 2 amide bonds. The Morgan fingerprint density at radius 1 is 1.12 bits per heavy atom. The Morgan fingerprint density at radius 3 is 2.55 bits per heavy atom. The second kappa shape index (κ2) is 6.68. The molecule has 3 saturated carbocycles. The van der Waals surface area contributed by atoms with Crippen LogP contribution in [0.5, 0.6) is 5.75 Å². The van der Waals surface area contributed by atoms with Crippen molar-refractivity contribution in [3.05, 3.63) is 41.2 Å². The molecule has 5 aliphatic rings. The second-order valence-electron chi connectivity index (χ2n) is 10.9. The van der Waals surface area contributed by atoms with Crippen molar-refractivity contribution in [3.8, 4) is 5.75 Å². The third-order valence-corrected chi connectivity index (χ3v) is 8.15. The van der Waals surface area contributed by atoms with Gasteiger partial charge in [0.15, 0.2) is 17.4 Å². The van der Waals surface area contributed by atoms with Gasteiger partial charge in [0.25, 0.3) is 0 Å². The molecule has 0 atom stereocenters.